The Bertz CT molecular complexity index is 1090. The fraction of sp³-hybridized carbons (Fsp3) is 0.0526. The third-order valence-electron chi connectivity index (χ3n) is 4.03. The number of fused-ring (bicyclic) bond motifs is 1. The van der Waals surface area contributed by atoms with Crippen LogP contribution in [0.4, 0.5) is 33.6 Å². The number of nitrogens with one attached hydrogen (secondary N) is 2. The Morgan fingerprint density at radius 3 is 2.52 bits per heavy atom. The molecule has 29 heavy (non-hydrogen) atoms. The second kappa shape index (κ2) is 8.48. The molecule has 1 aromatic heterocycles. The number of benzene rings is 2. The van der Waals surface area contributed by atoms with Crippen LogP contribution in [0, 0.1) is 6.92 Å². The maximum atomic E-state index is 11.2. The SMILES string of the molecule is Cc1cnc(Nc2ccc(C(N)=O)cc2)nc1Nc1ccc2c(c1)[N]C(=O)O2.[NaH]. The number of hydrogen-bond acceptors (Lipinski definition) is 7. The second-order valence-corrected chi connectivity index (χ2v) is 6.08. The Labute approximate surface area is 188 Å². The quantitative estimate of drug-likeness (QED) is 0.561. The van der Waals surface area contributed by atoms with Gasteiger partial charge in [0.1, 0.15) is 11.5 Å². The molecule has 2 heterocycles. The molecule has 0 unspecified atom stereocenters. The number of carbonyl (C=O) groups is 2. The van der Waals surface area contributed by atoms with Gasteiger partial charge in [0.2, 0.25) is 11.9 Å². The molecule has 10 heteroatoms. The molecule has 1 aliphatic heterocycles. The number of carbonyl (C=O) groups excluding carboxylic acids is 2. The standard InChI is InChI=1S/C19H15N6O3.Na.H/c1-10-9-21-18(23-12-4-2-11(3-5-12)16(20)26)25-17(10)22-13-6-7-15-14(8-13)24-19(27)28-15;;/h2-9H,1H3,(H2,20,26)(H2,21,22,23,25);;. The van der Waals surface area contributed by atoms with Gasteiger partial charge in [-0.2, -0.15) is 10.3 Å². The number of nitrogens with two attached hydrogens (primary N) is 1. The predicted molar refractivity (Wildman–Crippen MR) is 110 cm³/mol. The van der Waals surface area contributed by atoms with Crippen LogP contribution in [0.1, 0.15) is 15.9 Å². The molecule has 1 radical (unpaired) electrons. The number of ether oxygens (including phenoxy) is 1. The molecule has 4 rings (SSSR count). The number of anilines is 4. The number of aryl methyl sites for hydroxylation is 1. The van der Waals surface area contributed by atoms with Crippen LogP contribution in [0.25, 0.3) is 0 Å². The molecule has 0 spiro atoms. The summed E-state index contributed by atoms with van der Waals surface area (Å²) in [6, 6.07) is 11.8. The molecule has 0 atom stereocenters. The molecule has 2 aromatic carbocycles. The van der Waals surface area contributed by atoms with Gasteiger partial charge in [0, 0.05) is 28.7 Å². The number of amides is 2. The molecular weight excluding hydrogens is 383 g/mol. The Balaban J connectivity index is 0.00000240. The number of primary amides is 1. The van der Waals surface area contributed by atoms with E-state index in [0.29, 0.717) is 40.1 Å². The second-order valence-electron chi connectivity index (χ2n) is 6.08. The first-order valence-corrected chi connectivity index (χ1v) is 8.33. The zero-order valence-electron chi connectivity index (χ0n) is 14.8. The first-order chi connectivity index (χ1) is 13.5. The summed E-state index contributed by atoms with van der Waals surface area (Å²) in [6.07, 6.45) is 1.05. The summed E-state index contributed by atoms with van der Waals surface area (Å²) in [5.74, 6) is 0.912. The number of nitrogens with zero attached hydrogens (tertiary/aromatic N) is 3. The molecule has 0 aliphatic carbocycles. The number of rotatable bonds is 5. The van der Waals surface area contributed by atoms with Gasteiger partial charge in [-0.3, -0.25) is 4.79 Å². The Kier molecular flexibility index (Phi) is 6.02. The third-order valence-corrected chi connectivity index (χ3v) is 4.03. The van der Waals surface area contributed by atoms with E-state index in [1.807, 2.05) is 6.92 Å². The molecule has 9 nitrogen and oxygen atoms in total. The van der Waals surface area contributed by atoms with Crippen LogP contribution in [0.2, 0.25) is 0 Å². The Morgan fingerprint density at radius 1 is 1.07 bits per heavy atom. The molecule has 0 fully saturated rings. The van der Waals surface area contributed by atoms with Crippen LogP contribution in [0.3, 0.4) is 0 Å². The van der Waals surface area contributed by atoms with Crippen molar-refractivity contribution >= 4 is 70.4 Å². The van der Waals surface area contributed by atoms with Gasteiger partial charge in [0.15, 0.2) is 5.75 Å². The van der Waals surface area contributed by atoms with Crippen molar-refractivity contribution in [3.8, 4) is 5.75 Å². The van der Waals surface area contributed by atoms with E-state index >= 15 is 0 Å². The van der Waals surface area contributed by atoms with Gasteiger partial charge in [-0.1, -0.05) is 0 Å². The summed E-state index contributed by atoms with van der Waals surface area (Å²) in [4.78, 5) is 31.1. The van der Waals surface area contributed by atoms with Gasteiger partial charge in [0.25, 0.3) is 0 Å². The van der Waals surface area contributed by atoms with Gasteiger partial charge < -0.3 is 21.1 Å². The van der Waals surface area contributed by atoms with Crippen molar-refractivity contribution in [2.75, 3.05) is 10.6 Å². The van der Waals surface area contributed by atoms with E-state index in [4.69, 9.17) is 10.5 Å². The molecule has 2 amide bonds. The van der Waals surface area contributed by atoms with Crippen LogP contribution >= 0.6 is 0 Å². The molecule has 3 aromatic rings. The van der Waals surface area contributed by atoms with Gasteiger partial charge in [0.05, 0.1) is 0 Å². The van der Waals surface area contributed by atoms with Crippen LogP contribution in [-0.4, -0.2) is 51.5 Å². The van der Waals surface area contributed by atoms with E-state index in [1.165, 1.54) is 0 Å². The van der Waals surface area contributed by atoms with Crippen molar-refractivity contribution in [1.82, 2.24) is 15.3 Å². The summed E-state index contributed by atoms with van der Waals surface area (Å²) in [6.45, 7) is 1.87. The van der Waals surface area contributed by atoms with Crippen LogP contribution in [-0.2, 0) is 0 Å². The Morgan fingerprint density at radius 2 is 1.79 bits per heavy atom. The summed E-state index contributed by atoms with van der Waals surface area (Å²) in [5.41, 5.74) is 8.38. The van der Waals surface area contributed by atoms with Crippen LogP contribution in [0.15, 0.2) is 48.7 Å². The first-order valence-electron chi connectivity index (χ1n) is 8.33. The number of hydrogen-bond donors (Lipinski definition) is 3. The minimum absolute atomic E-state index is 0. The van der Waals surface area contributed by atoms with Crippen LogP contribution in [0.5, 0.6) is 5.75 Å². The van der Waals surface area contributed by atoms with Crippen molar-refractivity contribution in [2.45, 2.75) is 6.92 Å². The van der Waals surface area contributed by atoms with E-state index in [0.717, 1.165) is 5.56 Å². The maximum absolute atomic E-state index is 11.2. The molecule has 0 bridgehead atoms. The summed E-state index contributed by atoms with van der Waals surface area (Å²) < 4.78 is 4.95. The Hall–Kier alpha value is -3.14. The normalized spacial score (nSPS) is 11.6. The van der Waals surface area contributed by atoms with E-state index < -0.39 is 12.0 Å². The fourth-order valence-corrected chi connectivity index (χ4v) is 2.60. The van der Waals surface area contributed by atoms with E-state index in [9.17, 15) is 9.59 Å². The van der Waals surface area contributed by atoms with E-state index in [1.54, 1.807) is 48.7 Å². The average molecular weight is 399 g/mol. The monoisotopic (exact) mass is 399 g/mol. The average Bonchev–Trinajstić information content (AvgIpc) is 3.04. The molecular formula is C19H16N6NaO3. The van der Waals surface area contributed by atoms with Gasteiger partial charge in [-0.25, -0.2) is 9.78 Å². The van der Waals surface area contributed by atoms with Crippen molar-refractivity contribution in [2.24, 2.45) is 5.73 Å². The van der Waals surface area contributed by atoms with Gasteiger partial charge in [-0.15, -0.1) is 0 Å². The van der Waals surface area contributed by atoms with Gasteiger partial charge >= 0.3 is 35.7 Å². The topological polar surface area (TPSA) is 133 Å². The van der Waals surface area contributed by atoms with E-state index in [-0.39, 0.29) is 29.6 Å². The fourth-order valence-electron chi connectivity index (χ4n) is 2.60. The van der Waals surface area contributed by atoms with Gasteiger partial charge in [-0.05, 0) is 49.4 Å². The van der Waals surface area contributed by atoms with Crippen molar-refractivity contribution < 1.29 is 14.3 Å². The summed E-state index contributed by atoms with van der Waals surface area (Å²) in [5, 5.41) is 10.1. The van der Waals surface area contributed by atoms with Crippen molar-refractivity contribution in [3.63, 3.8) is 0 Å². The van der Waals surface area contributed by atoms with Crippen molar-refractivity contribution in [3.05, 3.63) is 59.8 Å². The zero-order valence-corrected chi connectivity index (χ0v) is 14.8. The molecule has 0 saturated carbocycles. The third kappa shape index (κ3) is 4.65. The number of aromatic nitrogens is 2. The molecule has 0 saturated heterocycles. The molecule has 4 N–H and O–H groups in total. The first kappa shape index (κ1) is 20.6. The molecule has 141 valence electrons. The molecule has 1 aliphatic rings. The minimum atomic E-state index is -0.626. The van der Waals surface area contributed by atoms with Crippen molar-refractivity contribution in [1.29, 1.82) is 0 Å². The predicted octanol–water partition coefficient (Wildman–Crippen LogP) is 2.47. The zero-order chi connectivity index (χ0) is 19.7. The van der Waals surface area contributed by atoms with Crippen LogP contribution < -0.4 is 26.4 Å². The van der Waals surface area contributed by atoms with E-state index in [2.05, 4.69) is 25.9 Å². The summed E-state index contributed by atoms with van der Waals surface area (Å²) >= 11 is 0. The summed E-state index contributed by atoms with van der Waals surface area (Å²) in [7, 11) is 0.